The maximum atomic E-state index is 10.8. The van der Waals surface area contributed by atoms with E-state index in [-0.39, 0.29) is 6.42 Å². The van der Waals surface area contributed by atoms with Gasteiger partial charge in [-0.15, -0.1) is 0 Å². The highest BCUT2D eigenvalue weighted by molar-refractivity contribution is 9.10. The lowest BCUT2D eigenvalue weighted by Crippen LogP contribution is -2.15. The Morgan fingerprint density at radius 3 is 3.14 bits per heavy atom. The van der Waals surface area contributed by atoms with Crippen molar-refractivity contribution in [3.63, 3.8) is 0 Å². The van der Waals surface area contributed by atoms with E-state index in [1.165, 1.54) is 6.21 Å². The largest absolute Gasteiger partial charge is 0.448 e. The van der Waals surface area contributed by atoms with Crippen LogP contribution in [0.25, 0.3) is 0 Å². The Morgan fingerprint density at radius 2 is 2.57 bits per heavy atom. The molecule has 0 aliphatic heterocycles. The number of hydrogen-bond acceptors (Lipinski definition) is 4. The third-order valence-electron chi connectivity index (χ3n) is 1.21. The van der Waals surface area contributed by atoms with Crippen LogP contribution in [0.4, 0.5) is 0 Å². The van der Waals surface area contributed by atoms with E-state index in [1.54, 1.807) is 18.2 Å². The van der Waals surface area contributed by atoms with E-state index < -0.39 is 5.91 Å². The van der Waals surface area contributed by atoms with Crippen molar-refractivity contribution in [2.24, 2.45) is 5.10 Å². The number of halogens is 1. The quantitative estimate of drug-likeness (QED) is 0.655. The van der Waals surface area contributed by atoms with Gasteiger partial charge in [0.05, 0.1) is 12.3 Å². The van der Waals surface area contributed by atoms with Crippen LogP contribution < -0.4 is 5.43 Å². The van der Waals surface area contributed by atoms with Crippen LogP contribution in [0.5, 0.6) is 0 Å². The Labute approximate surface area is 88.5 Å². The number of hydrogen-bond donors (Lipinski definition) is 1. The highest BCUT2D eigenvalue weighted by Gasteiger charge is 1.97. The predicted octanol–water partition coefficient (Wildman–Crippen LogP) is 1.41. The lowest BCUT2D eigenvalue weighted by atomic mass is 10.5. The van der Waals surface area contributed by atoms with Crippen molar-refractivity contribution in [2.45, 2.75) is 6.42 Å². The first-order valence-electron chi connectivity index (χ1n) is 3.66. The number of furan rings is 1. The minimum Gasteiger partial charge on any atom is -0.448 e. The van der Waals surface area contributed by atoms with Gasteiger partial charge in [-0.1, -0.05) is 0 Å². The van der Waals surface area contributed by atoms with E-state index >= 15 is 0 Å². The smallest absolute Gasteiger partial charge is 0.254 e. The van der Waals surface area contributed by atoms with Gasteiger partial charge in [0.15, 0.2) is 4.67 Å². The van der Waals surface area contributed by atoms with Crippen molar-refractivity contribution in [3.8, 4) is 6.07 Å². The SMILES string of the molecule is N#CCC(=O)N/N=C\c1ccc(Br)o1. The molecule has 6 heteroatoms. The lowest BCUT2D eigenvalue weighted by Gasteiger charge is -1.90. The number of hydrazone groups is 1. The summed E-state index contributed by atoms with van der Waals surface area (Å²) in [5.74, 6) is 0.0588. The molecule has 0 spiro atoms. The Kier molecular flexibility index (Phi) is 3.88. The van der Waals surface area contributed by atoms with Gasteiger partial charge in [0.1, 0.15) is 12.2 Å². The van der Waals surface area contributed by atoms with E-state index in [0.717, 1.165) is 0 Å². The average molecular weight is 256 g/mol. The van der Waals surface area contributed by atoms with Crippen LogP contribution in [-0.4, -0.2) is 12.1 Å². The molecule has 1 heterocycles. The van der Waals surface area contributed by atoms with E-state index in [0.29, 0.717) is 10.4 Å². The van der Waals surface area contributed by atoms with Crippen LogP contribution in [0.1, 0.15) is 12.2 Å². The summed E-state index contributed by atoms with van der Waals surface area (Å²) in [6.45, 7) is 0. The fourth-order valence-corrected chi connectivity index (χ4v) is 0.996. The Hall–Kier alpha value is -1.61. The van der Waals surface area contributed by atoms with Crippen LogP contribution in [0.2, 0.25) is 0 Å². The molecule has 0 atom stereocenters. The summed E-state index contributed by atoms with van der Waals surface area (Å²) in [4.78, 5) is 10.8. The predicted molar refractivity (Wildman–Crippen MR) is 52.4 cm³/mol. The van der Waals surface area contributed by atoms with Gasteiger partial charge in [-0.05, 0) is 28.1 Å². The number of nitriles is 1. The van der Waals surface area contributed by atoms with Crippen molar-refractivity contribution in [1.29, 1.82) is 5.26 Å². The Bertz CT molecular complexity index is 392. The minimum absolute atomic E-state index is 0.209. The zero-order valence-electron chi connectivity index (χ0n) is 7.03. The molecular weight excluding hydrogens is 250 g/mol. The average Bonchev–Trinajstić information content (AvgIpc) is 2.52. The van der Waals surface area contributed by atoms with Crippen LogP contribution in [0.3, 0.4) is 0 Å². The first-order chi connectivity index (χ1) is 6.72. The molecule has 0 aromatic carbocycles. The molecular formula is C8H6BrN3O2. The summed E-state index contributed by atoms with van der Waals surface area (Å²) >= 11 is 3.12. The molecule has 0 unspecified atom stereocenters. The van der Waals surface area contributed by atoms with Crippen LogP contribution >= 0.6 is 15.9 Å². The van der Waals surface area contributed by atoms with Crippen molar-refractivity contribution >= 4 is 28.1 Å². The van der Waals surface area contributed by atoms with E-state index in [4.69, 9.17) is 9.68 Å². The van der Waals surface area contributed by atoms with Gasteiger partial charge in [-0.25, -0.2) is 5.43 Å². The van der Waals surface area contributed by atoms with Gasteiger partial charge in [-0.3, -0.25) is 4.79 Å². The number of carbonyl (C=O) groups is 1. The van der Waals surface area contributed by atoms with Gasteiger partial charge < -0.3 is 4.42 Å². The van der Waals surface area contributed by atoms with Gasteiger partial charge in [-0.2, -0.15) is 10.4 Å². The minimum atomic E-state index is -0.450. The summed E-state index contributed by atoms with van der Waals surface area (Å²) in [5, 5.41) is 11.8. The standard InChI is InChI=1S/C8H6BrN3O2/c9-7-2-1-6(14-7)5-11-12-8(13)3-4-10/h1-2,5H,3H2,(H,12,13)/b11-5-. The molecule has 1 N–H and O–H groups in total. The fourth-order valence-electron chi connectivity index (χ4n) is 0.677. The number of rotatable bonds is 3. The normalized spacial score (nSPS) is 10.0. The monoisotopic (exact) mass is 255 g/mol. The van der Waals surface area contributed by atoms with Gasteiger partial charge in [0.25, 0.3) is 5.91 Å². The van der Waals surface area contributed by atoms with E-state index in [2.05, 4.69) is 26.5 Å². The first kappa shape index (κ1) is 10.5. The molecule has 1 aromatic heterocycles. The zero-order valence-corrected chi connectivity index (χ0v) is 8.61. The van der Waals surface area contributed by atoms with Crippen LogP contribution in [-0.2, 0) is 4.79 Å². The number of nitrogens with one attached hydrogen (secondary N) is 1. The molecule has 0 saturated carbocycles. The van der Waals surface area contributed by atoms with Gasteiger partial charge >= 0.3 is 0 Å². The second-order valence-electron chi connectivity index (χ2n) is 2.27. The molecule has 0 aliphatic carbocycles. The van der Waals surface area contributed by atoms with Crippen LogP contribution in [0.15, 0.2) is 26.3 Å². The highest BCUT2D eigenvalue weighted by Crippen LogP contribution is 2.11. The van der Waals surface area contributed by atoms with E-state index in [1.807, 2.05) is 0 Å². The maximum absolute atomic E-state index is 10.8. The second-order valence-corrected chi connectivity index (χ2v) is 3.05. The zero-order chi connectivity index (χ0) is 10.4. The topological polar surface area (TPSA) is 78.4 Å². The first-order valence-corrected chi connectivity index (χ1v) is 4.46. The van der Waals surface area contributed by atoms with Gasteiger partial charge in [0, 0.05) is 0 Å². The summed E-state index contributed by atoms with van der Waals surface area (Å²) < 4.78 is 5.66. The molecule has 0 fully saturated rings. The number of amides is 1. The molecule has 0 aliphatic rings. The molecule has 1 rings (SSSR count). The van der Waals surface area contributed by atoms with Gasteiger partial charge in [0.2, 0.25) is 0 Å². The van der Waals surface area contributed by atoms with E-state index in [9.17, 15) is 4.79 Å². The van der Waals surface area contributed by atoms with Crippen LogP contribution in [0, 0.1) is 11.3 Å². The third-order valence-corrected chi connectivity index (χ3v) is 1.64. The molecule has 72 valence electrons. The summed E-state index contributed by atoms with van der Waals surface area (Å²) in [7, 11) is 0. The molecule has 5 nitrogen and oxygen atoms in total. The Morgan fingerprint density at radius 1 is 1.79 bits per heavy atom. The molecule has 0 saturated heterocycles. The number of carbonyl (C=O) groups excluding carboxylic acids is 1. The molecule has 1 amide bonds. The highest BCUT2D eigenvalue weighted by atomic mass is 79.9. The fraction of sp³-hybridized carbons (Fsp3) is 0.125. The van der Waals surface area contributed by atoms with Crippen molar-refractivity contribution < 1.29 is 9.21 Å². The second kappa shape index (κ2) is 5.19. The molecule has 1 aromatic rings. The van der Waals surface area contributed by atoms with Crippen molar-refractivity contribution in [3.05, 3.63) is 22.6 Å². The maximum Gasteiger partial charge on any atom is 0.254 e. The molecule has 14 heavy (non-hydrogen) atoms. The molecule has 0 bridgehead atoms. The summed E-state index contributed by atoms with van der Waals surface area (Å²) in [6, 6.07) is 5.09. The number of nitrogens with zero attached hydrogens (tertiary/aromatic N) is 2. The van der Waals surface area contributed by atoms with Crippen molar-refractivity contribution in [2.75, 3.05) is 0 Å². The Balaban J connectivity index is 2.42. The van der Waals surface area contributed by atoms with Crippen molar-refractivity contribution in [1.82, 2.24) is 5.43 Å². The summed E-state index contributed by atoms with van der Waals surface area (Å²) in [6.07, 6.45) is 1.14. The molecule has 0 radical (unpaired) electrons. The third kappa shape index (κ3) is 3.41. The summed E-state index contributed by atoms with van der Waals surface area (Å²) in [5.41, 5.74) is 2.17. The lowest BCUT2D eigenvalue weighted by molar-refractivity contribution is -0.120.